The van der Waals surface area contributed by atoms with Crippen molar-refractivity contribution < 1.29 is 23.8 Å². The number of nitrogens with one attached hydrogen (secondary N) is 1. The summed E-state index contributed by atoms with van der Waals surface area (Å²) in [5, 5.41) is 3.17. The third kappa shape index (κ3) is 5.82. The fourth-order valence-corrected chi connectivity index (χ4v) is 2.25. The molecule has 2 rings (SSSR count). The lowest BCUT2D eigenvalue weighted by molar-refractivity contribution is -0.142. The molecule has 0 fully saturated rings. The van der Waals surface area contributed by atoms with Crippen LogP contribution in [0.5, 0.6) is 11.5 Å². The van der Waals surface area contributed by atoms with Crippen molar-refractivity contribution in [3.8, 4) is 11.5 Å². The van der Waals surface area contributed by atoms with Crippen molar-refractivity contribution in [3.63, 3.8) is 0 Å². The lowest BCUT2D eigenvalue weighted by Crippen LogP contribution is -2.20. The molecule has 26 heavy (non-hydrogen) atoms. The number of anilines is 1. The summed E-state index contributed by atoms with van der Waals surface area (Å²) >= 11 is 5.86. The van der Waals surface area contributed by atoms with Gasteiger partial charge in [-0.1, -0.05) is 23.7 Å². The number of methoxy groups -OCH3 is 2. The van der Waals surface area contributed by atoms with Gasteiger partial charge < -0.3 is 19.5 Å². The maximum absolute atomic E-state index is 11.9. The third-order valence-corrected chi connectivity index (χ3v) is 3.52. The maximum Gasteiger partial charge on any atom is 0.331 e. The van der Waals surface area contributed by atoms with Crippen molar-refractivity contribution in [1.82, 2.24) is 0 Å². The van der Waals surface area contributed by atoms with Gasteiger partial charge >= 0.3 is 5.97 Å². The Morgan fingerprint density at radius 1 is 1.12 bits per heavy atom. The highest BCUT2D eigenvalue weighted by Gasteiger charge is 2.10. The number of esters is 1. The maximum atomic E-state index is 11.9. The number of halogens is 1. The summed E-state index contributed by atoms with van der Waals surface area (Å²) in [5.74, 6) is -0.0953. The van der Waals surface area contributed by atoms with E-state index in [1.807, 2.05) is 0 Å². The molecule has 1 amide bonds. The van der Waals surface area contributed by atoms with E-state index in [2.05, 4.69) is 5.32 Å². The number of hydrogen-bond acceptors (Lipinski definition) is 5. The van der Waals surface area contributed by atoms with Gasteiger partial charge in [0.1, 0.15) is 11.5 Å². The Labute approximate surface area is 156 Å². The first kappa shape index (κ1) is 19.3. The van der Waals surface area contributed by atoms with Gasteiger partial charge in [-0.2, -0.15) is 0 Å². The van der Waals surface area contributed by atoms with Crippen LogP contribution in [0.1, 0.15) is 5.56 Å². The molecular weight excluding hydrogens is 358 g/mol. The first-order valence-electron chi connectivity index (χ1n) is 7.64. The molecule has 6 nitrogen and oxygen atoms in total. The van der Waals surface area contributed by atoms with E-state index in [4.69, 9.17) is 25.8 Å². The van der Waals surface area contributed by atoms with Crippen LogP contribution in [0.2, 0.25) is 5.02 Å². The van der Waals surface area contributed by atoms with E-state index in [0.29, 0.717) is 22.2 Å². The van der Waals surface area contributed by atoms with Gasteiger partial charge in [-0.3, -0.25) is 4.79 Å². The van der Waals surface area contributed by atoms with Crippen molar-refractivity contribution in [3.05, 3.63) is 59.1 Å². The molecule has 0 atom stereocenters. The van der Waals surface area contributed by atoms with Crippen molar-refractivity contribution in [2.24, 2.45) is 0 Å². The van der Waals surface area contributed by atoms with E-state index < -0.39 is 18.5 Å². The van der Waals surface area contributed by atoms with Crippen molar-refractivity contribution >= 4 is 35.2 Å². The Balaban J connectivity index is 1.87. The van der Waals surface area contributed by atoms with Crippen molar-refractivity contribution in [2.75, 3.05) is 26.1 Å². The average Bonchev–Trinajstić information content (AvgIpc) is 2.65. The van der Waals surface area contributed by atoms with Crippen LogP contribution in [0.25, 0.3) is 6.08 Å². The number of amides is 1. The van der Waals surface area contributed by atoms with Gasteiger partial charge in [-0.15, -0.1) is 0 Å². The second-order valence-corrected chi connectivity index (χ2v) is 5.55. The molecule has 0 spiro atoms. The van der Waals surface area contributed by atoms with Gasteiger partial charge in [0.25, 0.3) is 5.91 Å². The third-order valence-electron chi connectivity index (χ3n) is 3.29. The molecule has 0 saturated carbocycles. The Morgan fingerprint density at radius 3 is 2.62 bits per heavy atom. The molecule has 136 valence electrons. The second-order valence-electron chi connectivity index (χ2n) is 5.11. The van der Waals surface area contributed by atoms with E-state index in [9.17, 15) is 9.59 Å². The number of rotatable bonds is 7. The highest BCUT2D eigenvalue weighted by atomic mass is 35.5. The molecule has 0 aliphatic heterocycles. The number of benzene rings is 2. The topological polar surface area (TPSA) is 73.9 Å². The minimum Gasteiger partial charge on any atom is -0.497 e. The molecule has 7 heteroatoms. The monoisotopic (exact) mass is 375 g/mol. The van der Waals surface area contributed by atoms with Crippen LogP contribution < -0.4 is 14.8 Å². The smallest absolute Gasteiger partial charge is 0.331 e. The first-order valence-corrected chi connectivity index (χ1v) is 8.02. The second kappa shape index (κ2) is 9.48. The van der Waals surface area contributed by atoms with Crippen LogP contribution in [0.4, 0.5) is 5.69 Å². The van der Waals surface area contributed by atoms with E-state index in [1.165, 1.54) is 20.3 Å². The Bertz CT molecular complexity index is 819. The fraction of sp³-hybridized carbons (Fsp3) is 0.158. The summed E-state index contributed by atoms with van der Waals surface area (Å²) in [6.45, 7) is -0.423. The van der Waals surface area contributed by atoms with Gasteiger partial charge in [0.15, 0.2) is 6.61 Å². The number of hydrogen-bond donors (Lipinski definition) is 1. The lowest BCUT2D eigenvalue weighted by Gasteiger charge is -2.11. The van der Waals surface area contributed by atoms with Crippen LogP contribution in [0.3, 0.4) is 0 Å². The van der Waals surface area contributed by atoms with Crippen LogP contribution in [-0.4, -0.2) is 32.7 Å². The number of carbonyl (C=O) groups excluding carboxylic acids is 2. The quantitative estimate of drug-likeness (QED) is 0.591. The Morgan fingerprint density at radius 2 is 1.92 bits per heavy atom. The lowest BCUT2D eigenvalue weighted by atomic mass is 10.2. The minimum absolute atomic E-state index is 0.423. The Hall–Kier alpha value is -2.99. The summed E-state index contributed by atoms with van der Waals surface area (Å²) in [5.41, 5.74) is 1.20. The molecule has 0 radical (unpaired) electrons. The van der Waals surface area contributed by atoms with Crippen LogP contribution in [0, 0.1) is 0 Å². The first-order chi connectivity index (χ1) is 12.5. The largest absolute Gasteiger partial charge is 0.497 e. The standard InChI is InChI=1S/C19H18ClNO5/c1-24-15-7-8-16(17(11-15)25-2)21-18(22)12-26-19(23)9-6-13-4-3-5-14(20)10-13/h3-11H,12H2,1-2H3,(H,21,22)/b9-6+. The van der Waals surface area contributed by atoms with Crippen molar-refractivity contribution in [2.45, 2.75) is 0 Å². The summed E-state index contributed by atoms with van der Waals surface area (Å²) in [7, 11) is 3.01. The number of ether oxygens (including phenoxy) is 3. The Kier molecular flexibility index (Phi) is 7.05. The predicted molar refractivity (Wildman–Crippen MR) is 99.6 cm³/mol. The number of carbonyl (C=O) groups is 2. The van der Waals surface area contributed by atoms with E-state index in [-0.39, 0.29) is 0 Å². The normalized spacial score (nSPS) is 10.4. The molecule has 0 aliphatic carbocycles. The minimum atomic E-state index is -0.637. The van der Waals surface area contributed by atoms with E-state index >= 15 is 0 Å². The molecule has 0 heterocycles. The molecule has 2 aromatic carbocycles. The predicted octanol–water partition coefficient (Wildman–Crippen LogP) is 3.55. The summed E-state index contributed by atoms with van der Waals surface area (Å²) in [6.07, 6.45) is 2.78. The SMILES string of the molecule is COc1ccc(NC(=O)COC(=O)/C=C/c2cccc(Cl)c2)c(OC)c1. The van der Waals surface area contributed by atoms with E-state index in [0.717, 1.165) is 5.56 Å². The molecule has 1 N–H and O–H groups in total. The van der Waals surface area contributed by atoms with Crippen LogP contribution in [0.15, 0.2) is 48.5 Å². The average molecular weight is 376 g/mol. The van der Waals surface area contributed by atoms with Gasteiger partial charge in [-0.05, 0) is 35.9 Å². The molecule has 0 saturated heterocycles. The van der Waals surface area contributed by atoms with Gasteiger partial charge in [-0.25, -0.2) is 4.79 Å². The van der Waals surface area contributed by atoms with Gasteiger partial charge in [0, 0.05) is 17.2 Å². The molecular formula is C19H18ClNO5. The molecule has 0 bridgehead atoms. The van der Waals surface area contributed by atoms with Crippen LogP contribution in [-0.2, 0) is 14.3 Å². The highest BCUT2D eigenvalue weighted by Crippen LogP contribution is 2.28. The zero-order valence-electron chi connectivity index (χ0n) is 14.3. The van der Waals surface area contributed by atoms with Gasteiger partial charge in [0.05, 0.1) is 19.9 Å². The molecule has 0 aromatic heterocycles. The molecule has 0 unspecified atom stereocenters. The summed E-state index contributed by atoms with van der Waals surface area (Å²) < 4.78 is 15.2. The molecule has 0 aliphatic rings. The van der Waals surface area contributed by atoms with Gasteiger partial charge in [0.2, 0.25) is 0 Å². The summed E-state index contributed by atoms with van der Waals surface area (Å²) in [6, 6.07) is 11.9. The van der Waals surface area contributed by atoms with Crippen molar-refractivity contribution in [1.29, 1.82) is 0 Å². The molecule has 2 aromatic rings. The van der Waals surface area contributed by atoms with Crippen LogP contribution >= 0.6 is 11.6 Å². The zero-order chi connectivity index (χ0) is 18.9. The summed E-state index contributed by atoms with van der Waals surface area (Å²) in [4.78, 5) is 23.6. The fourth-order valence-electron chi connectivity index (χ4n) is 2.05. The zero-order valence-corrected chi connectivity index (χ0v) is 15.1. The highest BCUT2D eigenvalue weighted by molar-refractivity contribution is 6.30. The van der Waals surface area contributed by atoms with E-state index in [1.54, 1.807) is 48.5 Å².